The molecular weight excluding hydrogens is 370 g/mol. The Morgan fingerprint density at radius 3 is 2.38 bits per heavy atom. The van der Waals surface area contributed by atoms with Crippen molar-refractivity contribution in [3.8, 4) is 17.2 Å². The SMILES string of the molecule is COc1ccc(CN(Cc2ccc3c(c2)OCO3)C[C@H](O)COCC(C)C)cc1. The molecule has 0 fully saturated rings. The number of ether oxygens (including phenoxy) is 4. The number of nitrogens with zero attached hydrogens (tertiary/aromatic N) is 1. The summed E-state index contributed by atoms with van der Waals surface area (Å²) in [7, 11) is 1.66. The number of fused-ring (bicyclic) bond motifs is 1. The molecule has 0 aromatic heterocycles. The van der Waals surface area contributed by atoms with Gasteiger partial charge in [-0.15, -0.1) is 0 Å². The van der Waals surface area contributed by atoms with Gasteiger partial charge in [0, 0.05) is 26.2 Å². The van der Waals surface area contributed by atoms with Crippen molar-refractivity contribution in [1.29, 1.82) is 0 Å². The minimum Gasteiger partial charge on any atom is -0.497 e. The van der Waals surface area contributed by atoms with E-state index < -0.39 is 6.10 Å². The summed E-state index contributed by atoms with van der Waals surface area (Å²) >= 11 is 0. The maximum absolute atomic E-state index is 10.5. The molecule has 0 radical (unpaired) electrons. The number of benzene rings is 2. The van der Waals surface area contributed by atoms with Crippen molar-refractivity contribution in [3.63, 3.8) is 0 Å². The van der Waals surface area contributed by atoms with Gasteiger partial charge < -0.3 is 24.1 Å². The fraction of sp³-hybridized carbons (Fsp3) is 0.478. The molecule has 0 saturated heterocycles. The minimum atomic E-state index is -0.555. The number of rotatable bonds is 11. The van der Waals surface area contributed by atoms with Gasteiger partial charge in [-0.3, -0.25) is 4.90 Å². The Kier molecular flexibility index (Phi) is 7.75. The monoisotopic (exact) mass is 401 g/mol. The van der Waals surface area contributed by atoms with E-state index in [1.54, 1.807) is 7.11 Å². The van der Waals surface area contributed by atoms with Crippen LogP contribution in [0.5, 0.6) is 17.2 Å². The van der Waals surface area contributed by atoms with Crippen molar-refractivity contribution in [1.82, 2.24) is 4.90 Å². The van der Waals surface area contributed by atoms with E-state index in [4.69, 9.17) is 18.9 Å². The summed E-state index contributed by atoms with van der Waals surface area (Å²) in [5.41, 5.74) is 2.26. The summed E-state index contributed by atoms with van der Waals surface area (Å²) < 4.78 is 21.8. The van der Waals surface area contributed by atoms with E-state index in [2.05, 4.69) is 18.7 Å². The van der Waals surface area contributed by atoms with Crippen LogP contribution in [0.4, 0.5) is 0 Å². The van der Waals surface area contributed by atoms with Gasteiger partial charge in [0.1, 0.15) is 5.75 Å². The van der Waals surface area contributed by atoms with Crippen LogP contribution in [0.2, 0.25) is 0 Å². The molecule has 1 atom stereocenters. The average molecular weight is 402 g/mol. The highest BCUT2D eigenvalue weighted by molar-refractivity contribution is 5.44. The first-order valence-electron chi connectivity index (χ1n) is 10.0. The summed E-state index contributed by atoms with van der Waals surface area (Å²) in [6.45, 7) is 7.35. The van der Waals surface area contributed by atoms with E-state index in [0.29, 0.717) is 38.8 Å². The fourth-order valence-corrected chi connectivity index (χ4v) is 3.26. The third-order valence-corrected chi connectivity index (χ3v) is 4.64. The molecule has 0 amide bonds. The van der Waals surface area contributed by atoms with Gasteiger partial charge in [-0.2, -0.15) is 0 Å². The zero-order valence-electron chi connectivity index (χ0n) is 17.5. The molecule has 0 aliphatic carbocycles. The zero-order chi connectivity index (χ0) is 20.6. The smallest absolute Gasteiger partial charge is 0.231 e. The van der Waals surface area contributed by atoms with Crippen LogP contribution in [0.25, 0.3) is 0 Å². The molecule has 2 aromatic rings. The molecule has 0 bridgehead atoms. The molecule has 2 aromatic carbocycles. The van der Waals surface area contributed by atoms with Crippen molar-refractivity contribution >= 4 is 0 Å². The molecular formula is C23H31NO5. The largest absolute Gasteiger partial charge is 0.497 e. The summed E-state index contributed by atoms with van der Waals surface area (Å²) in [6.07, 6.45) is -0.555. The van der Waals surface area contributed by atoms with E-state index >= 15 is 0 Å². The molecule has 0 unspecified atom stereocenters. The Bertz CT molecular complexity index is 762. The molecule has 1 N–H and O–H groups in total. The average Bonchev–Trinajstić information content (AvgIpc) is 3.16. The van der Waals surface area contributed by atoms with Gasteiger partial charge in [-0.1, -0.05) is 32.0 Å². The van der Waals surface area contributed by atoms with Crippen LogP contribution in [0, 0.1) is 5.92 Å². The van der Waals surface area contributed by atoms with Gasteiger partial charge in [0.05, 0.1) is 19.8 Å². The molecule has 1 aliphatic rings. The topological polar surface area (TPSA) is 60.4 Å². The van der Waals surface area contributed by atoms with E-state index in [1.807, 2.05) is 42.5 Å². The van der Waals surface area contributed by atoms with Gasteiger partial charge in [0.25, 0.3) is 0 Å². The normalized spacial score (nSPS) is 13.9. The summed E-state index contributed by atoms with van der Waals surface area (Å²) in [5, 5.41) is 10.5. The third-order valence-electron chi connectivity index (χ3n) is 4.64. The minimum absolute atomic E-state index is 0.264. The first-order chi connectivity index (χ1) is 14.0. The second kappa shape index (κ2) is 10.5. The maximum Gasteiger partial charge on any atom is 0.231 e. The summed E-state index contributed by atoms with van der Waals surface area (Å²) in [6, 6.07) is 14.0. The molecule has 158 valence electrons. The Morgan fingerprint density at radius 2 is 1.66 bits per heavy atom. The maximum atomic E-state index is 10.5. The number of hydrogen-bond acceptors (Lipinski definition) is 6. The number of methoxy groups -OCH3 is 1. The van der Waals surface area contributed by atoms with Crippen LogP contribution in [-0.4, -0.2) is 49.8 Å². The van der Waals surface area contributed by atoms with Crippen LogP contribution in [0.15, 0.2) is 42.5 Å². The lowest BCUT2D eigenvalue weighted by Gasteiger charge is -2.25. The highest BCUT2D eigenvalue weighted by Gasteiger charge is 2.17. The molecule has 0 spiro atoms. The highest BCUT2D eigenvalue weighted by atomic mass is 16.7. The first-order valence-corrected chi connectivity index (χ1v) is 10.0. The van der Waals surface area contributed by atoms with Crippen LogP contribution in [0.3, 0.4) is 0 Å². The molecule has 1 heterocycles. The lowest BCUT2D eigenvalue weighted by molar-refractivity contribution is 0.00554. The molecule has 1 aliphatic heterocycles. The van der Waals surface area contributed by atoms with Gasteiger partial charge in [0.15, 0.2) is 11.5 Å². The van der Waals surface area contributed by atoms with Crippen LogP contribution in [-0.2, 0) is 17.8 Å². The summed E-state index contributed by atoms with van der Waals surface area (Å²) in [5.74, 6) is 2.83. The molecule has 29 heavy (non-hydrogen) atoms. The summed E-state index contributed by atoms with van der Waals surface area (Å²) in [4.78, 5) is 2.21. The van der Waals surface area contributed by atoms with Crippen molar-refractivity contribution in [3.05, 3.63) is 53.6 Å². The second-order valence-electron chi connectivity index (χ2n) is 7.79. The second-order valence-corrected chi connectivity index (χ2v) is 7.79. The first kappa shape index (κ1) is 21.4. The third kappa shape index (κ3) is 6.63. The van der Waals surface area contributed by atoms with Crippen molar-refractivity contribution < 1.29 is 24.1 Å². The predicted octanol–water partition coefficient (Wildman–Crippen LogP) is 3.46. The van der Waals surface area contributed by atoms with E-state index in [0.717, 1.165) is 28.4 Å². The van der Waals surface area contributed by atoms with Crippen molar-refractivity contribution in [2.24, 2.45) is 5.92 Å². The quantitative estimate of drug-likeness (QED) is 0.622. The Morgan fingerprint density at radius 1 is 0.966 bits per heavy atom. The molecule has 6 heteroatoms. The Balaban J connectivity index is 1.66. The van der Waals surface area contributed by atoms with Crippen LogP contribution >= 0.6 is 0 Å². The highest BCUT2D eigenvalue weighted by Crippen LogP contribution is 2.33. The van der Waals surface area contributed by atoms with Crippen LogP contribution in [0.1, 0.15) is 25.0 Å². The number of aliphatic hydroxyl groups is 1. The number of hydrogen-bond donors (Lipinski definition) is 1. The van der Waals surface area contributed by atoms with E-state index in [1.165, 1.54) is 0 Å². The molecule has 3 rings (SSSR count). The van der Waals surface area contributed by atoms with E-state index in [-0.39, 0.29) is 6.79 Å². The van der Waals surface area contributed by atoms with E-state index in [9.17, 15) is 5.11 Å². The van der Waals surface area contributed by atoms with Gasteiger partial charge in [0.2, 0.25) is 6.79 Å². The Labute approximate surface area is 173 Å². The zero-order valence-corrected chi connectivity index (χ0v) is 17.5. The molecule has 0 saturated carbocycles. The predicted molar refractivity (Wildman–Crippen MR) is 111 cm³/mol. The number of aliphatic hydroxyl groups excluding tert-OH is 1. The van der Waals surface area contributed by atoms with Gasteiger partial charge in [-0.25, -0.2) is 0 Å². The molecule has 6 nitrogen and oxygen atoms in total. The van der Waals surface area contributed by atoms with Crippen LogP contribution < -0.4 is 14.2 Å². The van der Waals surface area contributed by atoms with Crippen molar-refractivity contribution in [2.45, 2.75) is 33.0 Å². The Hall–Kier alpha value is -2.28. The standard InChI is InChI=1S/C23H31NO5/c1-17(2)14-27-15-20(25)13-24(11-18-4-7-21(26-3)8-5-18)12-19-6-9-22-23(10-19)29-16-28-22/h4-10,17,20,25H,11-16H2,1-3H3/t20-/m0/s1. The lowest BCUT2D eigenvalue weighted by atomic mass is 10.1. The lowest BCUT2D eigenvalue weighted by Crippen LogP contribution is -2.34. The fourth-order valence-electron chi connectivity index (χ4n) is 3.26. The van der Waals surface area contributed by atoms with Gasteiger partial charge in [-0.05, 0) is 41.3 Å². The van der Waals surface area contributed by atoms with Gasteiger partial charge >= 0.3 is 0 Å². The van der Waals surface area contributed by atoms with Crippen molar-refractivity contribution in [2.75, 3.05) is 33.7 Å².